The lowest BCUT2D eigenvalue weighted by Crippen LogP contribution is -2.25. The average molecular weight is 344 g/mol. The van der Waals surface area contributed by atoms with Crippen LogP contribution in [-0.2, 0) is 14.3 Å². The van der Waals surface area contributed by atoms with Crippen LogP contribution in [0.25, 0.3) is 0 Å². The number of rotatable bonds is 5. The maximum Gasteiger partial charge on any atom is 0.345 e. The first-order valence-electron chi connectivity index (χ1n) is 9.38. The van der Waals surface area contributed by atoms with E-state index in [1.165, 1.54) is 32.1 Å². The fourth-order valence-electron chi connectivity index (χ4n) is 3.97. The van der Waals surface area contributed by atoms with E-state index >= 15 is 0 Å². The van der Waals surface area contributed by atoms with E-state index in [4.69, 9.17) is 14.2 Å². The molecule has 0 N–H and O–H groups in total. The van der Waals surface area contributed by atoms with Crippen LogP contribution in [0.4, 0.5) is 0 Å². The Morgan fingerprint density at radius 1 is 1.20 bits per heavy atom. The van der Waals surface area contributed by atoms with Crippen LogP contribution in [0.3, 0.4) is 0 Å². The molecule has 2 aliphatic rings. The summed E-state index contributed by atoms with van der Waals surface area (Å²) in [5, 5.41) is 0. The van der Waals surface area contributed by atoms with Gasteiger partial charge in [0, 0.05) is 18.4 Å². The minimum atomic E-state index is -0.366. The smallest absolute Gasteiger partial charge is 0.345 e. The monoisotopic (exact) mass is 344 g/mol. The second-order valence-corrected chi connectivity index (χ2v) is 7.16. The summed E-state index contributed by atoms with van der Waals surface area (Å²) in [6.07, 6.45) is 6.65. The van der Waals surface area contributed by atoms with Gasteiger partial charge in [0.2, 0.25) is 0 Å². The molecule has 0 radical (unpaired) electrons. The van der Waals surface area contributed by atoms with Crippen LogP contribution in [0.5, 0.6) is 5.75 Å². The largest absolute Gasteiger partial charge is 0.497 e. The van der Waals surface area contributed by atoms with Crippen LogP contribution in [-0.4, -0.2) is 25.3 Å². The molecular formula is C21H28O4. The Balaban J connectivity index is 1.83. The molecule has 0 amide bonds. The van der Waals surface area contributed by atoms with Crippen LogP contribution >= 0.6 is 0 Å². The lowest BCUT2D eigenvalue weighted by Gasteiger charge is -2.30. The average Bonchev–Trinajstić information content (AvgIpc) is 2.99. The number of hydrogen-bond acceptors (Lipinski definition) is 4. The third-order valence-electron chi connectivity index (χ3n) is 5.30. The highest BCUT2D eigenvalue weighted by Crippen LogP contribution is 2.47. The summed E-state index contributed by atoms with van der Waals surface area (Å²) in [4.78, 5) is 12.8. The van der Waals surface area contributed by atoms with Crippen LogP contribution < -0.4 is 4.74 Å². The molecule has 2 fully saturated rings. The van der Waals surface area contributed by atoms with Crippen LogP contribution in [0.15, 0.2) is 41.7 Å². The first kappa shape index (κ1) is 18.0. The number of ether oxygens (including phenoxy) is 3. The molecule has 1 unspecified atom stereocenters. The summed E-state index contributed by atoms with van der Waals surface area (Å²) in [6, 6.07) is 9.16. The van der Waals surface area contributed by atoms with Gasteiger partial charge < -0.3 is 14.2 Å². The molecule has 1 heterocycles. The Morgan fingerprint density at radius 3 is 2.60 bits per heavy atom. The molecule has 1 saturated carbocycles. The van der Waals surface area contributed by atoms with E-state index in [9.17, 15) is 4.79 Å². The molecule has 1 saturated heterocycles. The van der Waals surface area contributed by atoms with E-state index in [1.807, 2.05) is 32.0 Å². The van der Waals surface area contributed by atoms with Crippen molar-refractivity contribution in [3.05, 3.63) is 41.7 Å². The molecule has 1 aromatic rings. The summed E-state index contributed by atoms with van der Waals surface area (Å²) >= 11 is 0. The standard InChI is InChI=1S/C21H28O4/c1-3-23-16(2)19(20(22)25-17-10-6-4-7-11-17)18-14-21(15-24-18)12-8-5-9-13-21/h4,6-7,10-11,16H,3,5,8-9,12-15H2,1-2H3/b19-18+. The Morgan fingerprint density at radius 2 is 1.92 bits per heavy atom. The van der Waals surface area contributed by atoms with Gasteiger partial charge in [-0.3, -0.25) is 0 Å². The molecule has 25 heavy (non-hydrogen) atoms. The lowest BCUT2D eigenvalue weighted by atomic mass is 9.73. The molecule has 1 atom stereocenters. The van der Waals surface area contributed by atoms with E-state index in [2.05, 4.69) is 0 Å². The minimum Gasteiger partial charge on any atom is -0.497 e. The predicted octanol–water partition coefficient (Wildman–Crippen LogP) is 4.64. The van der Waals surface area contributed by atoms with E-state index in [-0.39, 0.29) is 17.5 Å². The highest BCUT2D eigenvalue weighted by molar-refractivity contribution is 5.91. The zero-order valence-corrected chi connectivity index (χ0v) is 15.3. The van der Waals surface area contributed by atoms with E-state index in [0.29, 0.717) is 24.5 Å². The fourth-order valence-corrected chi connectivity index (χ4v) is 3.97. The van der Waals surface area contributed by atoms with E-state index < -0.39 is 0 Å². The van der Waals surface area contributed by atoms with Crippen molar-refractivity contribution in [2.45, 2.75) is 58.5 Å². The van der Waals surface area contributed by atoms with Crippen molar-refractivity contribution < 1.29 is 19.0 Å². The number of carbonyl (C=O) groups excluding carboxylic acids is 1. The molecule has 0 aromatic heterocycles. The summed E-state index contributed by atoms with van der Waals surface area (Å²) in [5.41, 5.74) is 0.741. The number of esters is 1. The number of carbonyl (C=O) groups is 1. The SMILES string of the molecule is CCOC(C)/C(C(=O)Oc1ccccc1)=C1/CC2(CCCCC2)CO1. The second-order valence-electron chi connectivity index (χ2n) is 7.16. The van der Waals surface area contributed by atoms with Crippen molar-refractivity contribution >= 4 is 5.97 Å². The quantitative estimate of drug-likeness (QED) is 0.443. The van der Waals surface area contributed by atoms with Crippen molar-refractivity contribution in [2.24, 2.45) is 5.41 Å². The summed E-state index contributed by atoms with van der Waals surface area (Å²) in [6.45, 7) is 5.08. The Labute approximate surface area is 150 Å². The third kappa shape index (κ3) is 4.24. The molecular weight excluding hydrogens is 316 g/mol. The van der Waals surface area contributed by atoms with Gasteiger partial charge in [0.1, 0.15) is 17.1 Å². The van der Waals surface area contributed by atoms with Crippen LogP contribution in [0.1, 0.15) is 52.4 Å². The van der Waals surface area contributed by atoms with Crippen molar-refractivity contribution in [2.75, 3.05) is 13.2 Å². The van der Waals surface area contributed by atoms with Crippen LogP contribution in [0, 0.1) is 5.41 Å². The molecule has 3 rings (SSSR count). The van der Waals surface area contributed by atoms with Gasteiger partial charge in [0.25, 0.3) is 0 Å². The lowest BCUT2D eigenvalue weighted by molar-refractivity contribution is -0.131. The first-order chi connectivity index (χ1) is 12.1. The van der Waals surface area contributed by atoms with Gasteiger partial charge in [-0.05, 0) is 38.8 Å². The van der Waals surface area contributed by atoms with Gasteiger partial charge in [0.05, 0.1) is 12.7 Å². The topological polar surface area (TPSA) is 44.8 Å². The van der Waals surface area contributed by atoms with Gasteiger partial charge in [0.15, 0.2) is 0 Å². The van der Waals surface area contributed by atoms with Gasteiger partial charge in [-0.1, -0.05) is 37.5 Å². The number of hydrogen-bond donors (Lipinski definition) is 0. The van der Waals surface area contributed by atoms with Gasteiger partial charge in [-0.15, -0.1) is 0 Å². The maximum absolute atomic E-state index is 12.8. The van der Waals surface area contributed by atoms with Crippen molar-refractivity contribution in [1.29, 1.82) is 0 Å². The molecule has 0 bridgehead atoms. The molecule has 4 nitrogen and oxygen atoms in total. The number of para-hydroxylation sites is 1. The highest BCUT2D eigenvalue weighted by atomic mass is 16.5. The predicted molar refractivity (Wildman–Crippen MR) is 96.3 cm³/mol. The summed E-state index contributed by atoms with van der Waals surface area (Å²) in [5.74, 6) is 0.943. The normalized spacial score (nSPS) is 22.3. The van der Waals surface area contributed by atoms with Crippen molar-refractivity contribution in [1.82, 2.24) is 0 Å². The zero-order chi connectivity index (χ0) is 17.7. The Bertz CT molecular complexity index is 614. The van der Waals surface area contributed by atoms with Crippen molar-refractivity contribution in [3.8, 4) is 5.75 Å². The minimum absolute atomic E-state index is 0.206. The molecule has 1 aliphatic heterocycles. The molecule has 136 valence electrons. The highest BCUT2D eigenvalue weighted by Gasteiger charge is 2.42. The van der Waals surface area contributed by atoms with Crippen LogP contribution in [0.2, 0.25) is 0 Å². The number of allylic oxidation sites excluding steroid dienone is 1. The van der Waals surface area contributed by atoms with Gasteiger partial charge in [-0.2, -0.15) is 0 Å². The Kier molecular flexibility index (Phi) is 5.79. The first-order valence-corrected chi connectivity index (χ1v) is 9.38. The molecule has 1 aliphatic carbocycles. The zero-order valence-electron chi connectivity index (χ0n) is 15.3. The second kappa shape index (κ2) is 8.05. The third-order valence-corrected chi connectivity index (χ3v) is 5.30. The summed E-state index contributed by atoms with van der Waals surface area (Å²) < 4.78 is 17.3. The number of benzene rings is 1. The van der Waals surface area contributed by atoms with E-state index in [0.717, 1.165) is 12.2 Å². The molecule has 1 aromatic carbocycles. The summed E-state index contributed by atoms with van der Waals surface area (Å²) in [7, 11) is 0. The van der Waals surface area contributed by atoms with Gasteiger partial charge >= 0.3 is 5.97 Å². The van der Waals surface area contributed by atoms with Gasteiger partial charge in [-0.25, -0.2) is 4.79 Å². The van der Waals surface area contributed by atoms with E-state index in [1.54, 1.807) is 12.1 Å². The molecule has 4 heteroatoms. The Hall–Kier alpha value is -1.81. The van der Waals surface area contributed by atoms with Crippen molar-refractivity contribution in [3.63, 3.8) is 0 Å². The fraction of sp³-hybridized carbons (Fsp3) is 0.571. The maximum atomic E-state index is 12.8. The molecule has 1 spiro atoms.